The van der Waals surface area contributed by atoms with Gasteiger partial charge in [0.15, 0.2) is 5.96 Å². The Kier molecular flexibility index (Phi) is 7.62. The summed E-state index contributed by atoms with van der Waals surface area (Å²) in [6, 6.07) is 6.66. The van der Waals surface area contributed by atoms with Crippen LogP contribution >= 0.6 is 0 Å². The molecule has 1 aromatic carbocycles. The fourth-order valence-electron chi connectivity index (χ4n) is 3.55. The van der Waals surface area contributed by atoms with E-state index in [-0.39, 0.29) is 24.3 Å². The van der Waals surface area contributed by atoms with Crippen LogP contribution in [0, 0.1) is 0 Å². The summed E-state index contributed by atoms with van der Waals surface area (Å²) in [5.41, 5.74) is 0.593. The third-order valence-electron chi connectivity index (χ3n) is 5.02. The van der Waals surface area contributed by atoms with Crippen LogP contribution in [0.1, 0.15) is 25.3 Å². The van der Waals surface area contributed by atoms with Crippen molar-refractivity contribution in [2.75, 3.05) is 39.3 Å². The number of carbonyl (C=O) groups is 1. The highest BCUT2D eigenvalue weighted by molar-refractivity contribution is 5.82. The number of halogens is 2. The Morgan fingerprint density at radius 3 is 2.66 bits per heavy atom. The molecule has 2 fully saturated rings. The van der Waals surface area contributed by atoms with Gasteiger partial charge in [0.05, 0.1) is 6.54 Å². The predicted octanol–water partition coefficient (Wildman–Crippen LogP) is 2.08. The molecule has 1 amide bonds. The molecule has 0 aliphatic carbocycles. The molecule has 0 aromatic heterocycles. The van der Waals surface area contributed by atoms with Crippen LogP contribution in [-0.4, -0.2) is 73.7 Å². The predicted molar refractivity (Wildman–Crippen MR) is 105 cm³/mol. The summed E-state index contributed by atoms with van der Waals surface area (Å²) in [6.45, 7) is 3.18. The summed E-state index contributed by atoms with van der Waals surface area (Å²) in [6.07, 6.45) is 1.43. The van der Waals surface area contributed by atoms with Crippen molar-refractivity contribution in [2.45, 2.75) is 39.0 Å². The summed E-state index contributed by atoms with van der Waals surface area (Å²) in [5.74, 6) is 0.903. The molecule has 29 heavy (non-hydrogen) atoms. The molecule has 1 unspecified atom stereocenters. The van der Waals surface area contributed by atoms with Crippen molar-refractivity contribution in [3.05, 3.63) is 29.8 Å². The topological polar surface area (TPSA) is 66.4 Å². The minimum absolute atomic E-state index is 0.0714. The number of para-hydroxylation sites is 1. The first-order valence-corrected chi connectivity index (χ1v) is 10.0. The van der Waals surface area contributed by atoms with Gasteiger partial charge in [0.25, 0.3) is 5.91 Å². The van der Waals surface area contributed by atoms with Crippen molar-refractivity contribution in [1.82, 2.24) is 15.1 Å². The molecule has 2 saturated heterocycles. The standard InChI is InChI=1S/C20H28F2N4O3/c1-2-23-20(24-14-15-6-3-4-7-16(15)29-19(21)22)26-11-9-25(10-12-26)18(27)17-8-5-13-28-17/h3-4,6-7,17,19H,2,5,8-14H2,1H3,(H,23,24). The molecule has 0 bridgehead atoms. The number of aliphatic imine (C=N–C) groups is 1. The smallest absolute Gasteiger partial charge is 0.387 e. The zero-order chi connectivity index (χ0) is 20.6. The first-order chi connectivity index (χ1) is 14.1. The monoisotopic (exact) mass is 410 g/mol. The average molecular weight is 410 g/mol. The minimum atomic E-state index is -2.87. The second-order valence-electron chi connectivity index (χ2n) is 6.97. The van der Waals surface area contributed by atoms with E-state index in [9.17, 15) is 13.6 Å². The summed E-state index contributed by atoms with van der Waals surface area (Å²) in [4.78, 5) is 21.0. The fourth-order valence-corrected chi connectivity index (χ4v) is 3.55. The lowest BCUT2D eigenvalue weighted by atomic mass is 10.2. The average Bonchev–Trinajstić information content (AvgIpc) is 3.26. The molecule has 2 aliphatic rings. The van der Waals surface area contributed by atoms with Gasteiger partial charge < -0.3 is 24.6 Å². The Bertz CT molecular complexity index is 703. The van der Waals surface area contributed by atoms with Gasteiger partial charge in [0.2, 0.25) is 0 Å². The number of guanidine groups is 1. The summed E-state index contributed by atoms with van der Waals surface area (Å²) in [7, 11) is 0. The van der Waals surface area contributed by atoms with Crippen molar-refractivity contribution in [2.24, 2.45) is 4.99 Å². The second kappa shape index (κ2) is 10.4. The number of nitrogens with zero attached hydrogens (tertiary/aromatic N) is 3. The van der Waals surface area contributed by atoms with E-state index in [1.54, 1.807) is 18.2 Å². The minimum Gasteiger partial charge on any atom is -0.434 e. The lowest BCUT2D eigenvalue weighted by Gasteiger charge is -2.37. The molecule has 160 valence electrons. The lowest BCUT2D eigenvalue weighted by molar-refractivity contribution is -0.142. The van der Waals surface area contributed by atoms with Crippen molar-refractivity contribution in [3.63, 3.8) is 0 Å². The van der Waals surface area contributed by atoms with Gasteiger partial charge in [-0.25, -0.2) is 4.99 Å². The zero-order valence-electron chi connectivity index (χ0n) is 16.7. The van der Waals surface area contributed by atoms with Gasteiger partial charge in [-0.3, -0.25) is 4.79 Å². The molecule has 9 heteroatoms. The molecule has 2 aliphatic heterocycles. The van der Waals surface area contributed by atoms with Gasteiger partial charge in [0, 0.05) is 44.9 Å². The van der Waals surface area contributed by atoms with E-state index in [0.717, 1.165) is 12.8 Å². The Labute approximate surface area is 169 Å². The highest BCUT2D eigenvalue weighted by atomic mass is 19.3. The lowest BCUT2D eigenvalue weighted by Crippen LogP contribution is -2.55. The van der Waals surface area contributed by atoms with E-state index in [1.807, 2.05) is 11.8 Å². The molecule has 1 atom stereocenters. The maximum atomic E-state index is 12.6. The van der Waals surface area contributed by atoms with Crippen LogP contribution < -0.4 is 10.1 Å². The normalized spacial score (nSPS) is 20.3. The SMILES string of the molecule is CCNC(=NCc1ccccc1OC(F)F)N1CCN(C(=O)C2CCCO2)CC1. The van der Waals surface area contributed by atoms with E-state index in [0.29, 0.717) is 50.9 Å². The van der Waals surface area contributed by atoms with Gasteiger partial charge in [-0.1, -0.05) is 18.2 Å². The zero-order valence-corrected chi connectivity index (χ0v) is 16.7. The van der Waals surface area contributed by atoms with Gasteiger partial charge in [0.1, 0.15) is 11.9 Å². The number of carbonyl (C=O) groups excluding carboxylic acids is 1. The van der Waals surface area contributed by atoms with Crippen LogP contribution in [0.3, 0.4) is 0 Å². The fraction of sp³-hybridized carbons (Fsp3) is 0.600. The van der Waals surface area contributed by atoms with Crippen LogP contribution in [-0.2, 0) is 16.1 Å². The van der Waals surface area contributed by atoms with Gasteiger partial charge >= 0.3 is 6.61 Å². The van der Waals surface area contributed by atoms with Crippen molar-refractivity contribution < 1.29 is 23.0 Å². The largest absolute Gasteiger partial charge is 0.434 e. The van der Waals surface area contributed by atoms with Gasteiger partial charge in [-0.2, -0.15) is 8.78 Å². The molecular formula is C20H28F2N4O3. The first kappa shape index (κ1) is 21.3. The molecule has 2 heterocycles. The highest BCUT2D eigenvalue weighted by Gasteiger charge is 2.30. The van der Waals surface area contributed by atoms with Gasteiger partial charge in [-0.15, -0.1) is 0 Å². The molecule has 1 aromatic rings. The quantitative estimate of drug-likeness (QED) is 0.575. The molecule has 1 N–H and O–H groups in total. The van der Waals surface area contributed by atoms with E-state index < -0.39 is 6.61 Å². The van der Waals surface area contributed by atoms with E-state index in [2.05, 4.69) is 19.9 Å². The highest BCUT2D eigenvalue weighted by Crippen LogP contribution is 2.21. The number of ether oxygens (including phenoxy) is 2. The van der Waals surface area contributed by atoms with Crippen LogP contribution in [0.25, 0.3) is 0 Å². The molecule has 0 saturated carbocycles. The van der Waals surface area contributed by atoms with Crippen molar-refractivity contribution in [3.8, 4) is 5.75 Å². The Morgan fingerprint density at radius 2 is 2.00 bits per heavy atom. The number of benzene rings is 1. The van der Waals surface area contributed by atoms with E-state index >= 15 is 0 Å². The molecule has 3 rings (SSSR count). The summed E-state index contributed by atoms with van der Waals surface area (Å²) >= 11 is 0. The van der Waals surface area contributed by atoms with Crippen LogP contribution in [0.2, 0.25) is 0 Å². The summed E-state index contributed by atoms with van der Waals surface area (Å²) < 4.78 is 35.3. The third kappa shape index (κ3) is 5.79. The van der Waals surface area contributed by atoms with Crippen molar-refractivity contribution >= 4 is 11.9 Å². The number of amides is 1. The maximum absolute atomic E-state index is 12.6. The van der Waals surface area contributed by atoms with Gasteiger partial charge in [-0.05, 0) is 25.8 Å². The number of hydrogen-bond acceptors (Lipinski definition) is 4. The Balaban J connectivity index is 1.61. The number of piperazine rings is 1. The van der Waals surface area contributed by atoms with Crippen molar-refractivity contribution in [1.29, 1.82) is 0 Å². The number of nitrogens with one attached hydrogen (secondary N) is 1. The molecule has 7 nitrogen and oxygen atoms in total. The molecular weight excluding hydrogens is 382 g/mol. The van der Waals surface area contributed by atoms with Crippen LogP contribution in [0.15, 0.2) is 29.3 Å². The number of hydrogen-bond donors (Lipinski definition) is 1. The van der Waals surface area contributed by atoms with Crippen LogP contribution in [0.4, 0.5) is 8.78 Å². The molecule has 0 radical (unpaired) electrons. The Hall–Kier alpha value is -2.42. The van der Waals surface area contributed by atoms with E-state index in [1.165, 1.54) is 6.07 Å². The Morgan fingerprint density at radius 1 is 1.28 bits per heavy atom. The van der Waals surface area contributed by atoms with Crippen LogP contribution in [0.5, 0.6) is 5.75 Å². The third-order valence-corrected chi connectivity index (χ3v) is 5.02. The number of rotatable bonds is 6. The second-order valence-corrected chi connectivity index (χ2v) is 6.97. The maximum Gasteiger partial charge on any atom is 0.387 e. The summed E-state index contributed by atoms with van der Waals surface area (Å²) in [5, 5.41) is 3.24. The first-order valence-electron chi connectivity index (χ1n) is 10.0. The molecule has 0 spiro atoms. The van der Waals surface area contributed by atoms with E-state index in [4.69, 9.17) is 4.74 Å². The number of alkyl halides is 2.